The number of carbonyl (C=O) groups excluding carboxylic acids is 3. The Morgan fingerprint density at radius 3 is 2.41 bits per heavy atom. The standard InChI is InChI=1S/C17H18N2O6S2/c1-3-25-17(22)19-15(21)13-8-9-26-16(13)18-14(20)10-27(23,24)12-6-4-11(2)5-7-12/h4-9H,3,10H2,1-2H3,(H,18,20)(H,19,21,22). The smallest absolute Gasteiger partial charge is 0.414 e. The Kier molecular flexibility index (Phi) is 6.70. The van der Waals surface area contributed by atoms with Crippen LogP contribution < -0.4 is 10.6 Å². The van der Waals surface area contributed by atoms with Gasteiger partial charge < -0.3 is 10.1 Å². The van der Waals surface area contributed by atoms with Crippen LogP contribution in [0.4, 0.5) is 9.80 Å². The fourth-order valence-corrected chi connectivity index (χ4v) is 4.01. The molecular weight excluding hydrogens is 392 g/mol. The number of thiophene rings is 1. The molecule has 1 aromatic carbocycles. The monoisotopic (exact) mass is 410 g/mol. The highest BCUT2D eigenvalue weighted by Crippen LogP contribution is 2.23. The zero-order valence-electron chi connectivity index (χ0n) is 14.6. The molecule has 144 valence electrons. The van der Waals surface area contributed by atoms with Crippen molar-refractivity contribution in [1.29, 1.82) is 0 Å². The third kappa shape index (κ3) is 5.63. The average Bonchev–Trinajstić information content (AvgIpc) is 3.02. The van der Waals surface area contributed by atoms with Crippen LogP contribution in [0.15, 0.2) is 40.6 Å². The van der Waals surface area contributed by atoms with Gasteiger partial charge in [0.1, 0.15) is 10.8 Å². The second kappa shape index (κ2) is 8.78. The van der Waals surface area contributed by atoms with Gasteiger partial charge in [0.25, 0.3) is 5.91 Å². The number of hydrogen-bond acceptors (Lipinski definition) is 7. The summed E-state index contributed by atoms with van der Waals surface area (Å²) in [5.41, 5.74) is 0.934. The Bertz CT molecular complexity index is 948. The van der Waals surface area contributed by atoms with Crippen LogP contribution in [-0.4, -0.2) is 38.7 Å². The van der Waals surface area contributed by atoms with Crippen molar-refractivity contribution in [3.8, 4) is 0 Å². The number of carbonyl (C=O) groups is 3. The van der Waals surface area contributed by atoms with Gasteiger partial charge in [-0.05, 0) is 37.4 Å². The van der Waals surface area contributed by atoms with Gasteiger partial charge in [-0.25, -0.2) is 13.2 Å². The first-order valence-electron chi connectivity index (χ1n) is 7.88. The van der Waals surface area contributed by atoms with Gasteiger partial charge in [0.05, 0.1) is 17.1 Å². The molecule has 0 radical (unpaired) electrons. The summed E-state index contributed by atoms with van der Waals surface area (Å²) in [6.45, 7) is 3.51. The van der Waals surface area contributed by atoms with E-state index >= 15 is 0 Å². The maximum Gasteiger partial charge on any atom is 0.414 e. The molecule has 3 amide bonds. The lowest BCUT2D eigenvalue weighted by Gasteiger charge is -2.08. The topological polar surface area (TPSA) is 119 Å². The summed E-state index contributed by atoms with van der Waals surface area (Å²) >= 11 is 1.03. The zero-order chi connectivity index (χ0) is 20.0. The van der Waals surface area contributed by atoms with Crippen LogP contribution in [0.2, 0.25) is 0 Å². The Morgan fingerprint density at radius 1 is 1.11 bits per heavy atom. The second-order valence-corrected chi connectivity index (χ2v) is 8.36. The number of imide groups is 1. The molecule has 1 heterocycles. The molecule has 0 saturated heterocycles. The molecule has 0 fully saturated rings. The zero-order valence-corrected chi connectivity index (χ0v) is 16.3. The SMILES string of the molecule is CCOC(=O)NC(=O)c1ccsc1NC(=O)CS(=O)(=O)c1ccc(C)cc1. The molecule has 2 N–H and O–H groups in total. The first-order valence-corrected chi connectivity index (χ1v) is 10.4. The lowest BCUT2D eigenvalue weighted by molar-refractivity contribution is -0.113. The Balaban J connectivity index is 2.06. The third-order valence-corrected chi connectivity index (χ3v) is 5.82. The van der Waals surface area contributed by atoms with E-state index in [9.17, 15) is 22.8 Å². The van der Waals surface area contributed by atoms with Gasteiger partial charge in [0, 0.05) is 0 Å². The first kappa shape index (κ1) is 20.6. The van der Waals surface area contributed by atoms with E-state index in [1.165, 1.54) is 23.6 Å². The van der Waals surface area contributed by atoms with E-state index in [4.69, 9.17) is 0 Å². The summed E-state index contributed by atoms with van der Waals surface area (Å²) in [7, 11) is -3.82. The lowest BCUT2D eigenvalue weighted by Crippen LogP contribution is -2.31. The van der Waals surface area contributed by atoms with Crippen LogP contribution in [-0.2, 0) is 19.4 Å². The maximum absolute atomic E-state index is 12.3. The summed E-state index contributed by atoms with van der Waals surface area (Å²) in [5.74, 6) is -2.32. The van der Waals surface area contributed by atoms with Crippen molar-refractivity contribution in [2.24, 2.45) is 0 Å². The van der Waals surface area contributed by atoms with Gasteiger partial charge in [0.2, 0.25) is 5.91 Å². The van der Waals surface area contributed by atoms with Crippen molar-refractivity contribution in [1.82, 2.24) is 5.32 Å². The number of aryl methyl sites for hydroxylation is 1. The summed E-state index contributed by atoms with van der Waals surface area (Å²) in [5, 5.41) is 6.09. The van der Waals surface area contributed by atoms with Crippen LogP contribution >= 0.6 is 11.3 Å². The number of nitrogens with one attached hydrogen (secondary N) is 2. The Morgan fingerprint density at radius 2 is 1.78 bits per heavy atom. The van der Waals surface area contributed by atoms with Gasteiger partial charge in [-0.3, -0.25) is 14.9 Å². The van der Waals surface area contributed by atoms with Crippen molar-refractivity contribution < 1.29 is 27.5 Å². The second-order valence-electron chi connectivity index (χ2n) is 5.46. The van der Waals surface area contributed by atoms with E-state index in [1.807, 2.05) is 12.2 Å². The number of hydrogen-bond donors (Lipinski definition) is 2. The van der Waals surface area contributed by atoms with Crippen LogP contribution in [0, 0.1) is 6.92 Å². The van der Waals surface area contributed by atoms with Crippen LogP contribution in [0.3, 0.4) is 0 Å². The minimum Gasteiger partial charge on any atom is -0.450 e. The minimum absolute atomic E-state index is 0.0362. The molecule has 1 aromatic heterocycles. The van der Waals surface area contributed by atoms with E-state index in [0.29, 0.717) is 0 Å². The number of sulfone groups is 1. The fourth-order valence-electron chi connectivity index (χ4n) is 2.08. The van der Waals surface area contributed by atoms with Gasteiger partial charge in [-0.2, -0.15) is 0 Å². The van der Waals surface area contributed by atoms with Crippen molar-refractivity contribution >= 4 is 44.1 Å². The minimum atomic E-state index is -3.82. The largest absolute Gasteiger partial charge is 0.450 e. The van der Waals surface area contributed by atoms with Crippen LogP contribution in [0.5, 0.6) is 0 Å². The highest BCUT2D eigenvalue weighted by atomic mass is 32.2. The van der Waals surface area contributed by atoms with Crippen LogP contribution in [0.1, 0.15) is 22.8 Å². The summed E-state index contributed by atoms with van der Waals surface area (Å²) < 4.78 is 29.3. The molecule has 8 nitrogen and oxygen atoms in total. The molecule has 10 heteroatoms. The average molecular weight is 410 g/mol. The highest BCUT2D eigenvalue weighted by molar-refractivity contribution is 7.92. The number of benzene rings is 1. The maximum atomic E-state index is 12.3. The Labute approximate surface area is 160 Å². The van der Waals surface area contributed by atoms with E-state index in [2.05, 4.69) is 10.1 Å². The number of alkyl carbamates (subject to hydrolysis) is 1. The molecule has 0 aliphatic rings. The van der Waals surface area contributed by atoms with Gasteiger partial charge in [-0.15, -0.1) is 11.3 Å². The molecule has 0 aliphatic carbocycles. The van der Waals surface area contributed by atoms with Gasteiger partial charge in [0.15, 0.2) is 9.84 Å². The summed E-state index contributed by atoms with van der Waals surface area (Å²) in [4.78, 5) is 35.6. The molecule has 2 rings (SSSR count). The predicted octanol–water partition coefficient (Wildman–Crippen LogP) is 2.36. The molecule has 0 spiro atoms. The van der Waals surface area contributed by atoms with E-state index in [0.717, 1.165) is 16.9 Å². The highest BCUT2D eigenvalue weighted by Gasteiger charge is 2.22. The van der Waals surface area contributed by atoms with E-state index in [1.54, 1.807) is 19.1 Å². The quantitative estimate of drug-likeness (QED) is 0.755. The molecular formula is C17H18N2O6S2. The fraction of sp³-hybridized carbons (Fsp3) is 0.235. The first-order chi connectivity index (χ1) is 12.7. The van der Waals surface area contributed by atoms with Crippen molar-refractivity contribution in [3.63, 3.8) is 0 Å². The number of rotatable bonds is 6. The van der Waals surface area contributed by atoms with E-state index in [-0.39, 0.29) is 22.1 Å². The number of anilines is 1. The van der Waals surface area contributed by atoms with Gasteiger partial charge >= 0.3 is 6.09 Å². The van der Waals surface area contributed by atoms with Crippen molar-refractivity contribution in [2.45, 2.75) is 18.7 Å². The van der Waals surface area contributed by atoms with Crippen molar-refractivity contribution in [3.05, 3.63) is 46.8 Å². The molecule has 27 heavy (non-hydrogen) atoms. The Hall–Kier alpha value is -2.72. The molecule has 0 bridgehead atoms. The summed E-state index contributed by atoms with van der Waals surface area (Å²) in [6, 6.07) is 7.55. The number of amides is 3. The molecule has 0 atom stereocenters. The van der Waals surface area contributed by atoms with E-state index < -0.39 is 33.5 Å². The van der Waals surface area contributed by atoms with Crippen molar-refractivity contribution in [2.75, 3.05) is 17.7 Å². The van der Waals surface area contributed by atoms with Crippen LogP contribution in [0.25, 0.3) is 0 Å². The normalized spacial score (nSPS) is 10.9. The molecule has 2 aromatic rings. The number of ether oxygens (including phenoxy) is 1. The third-order valence-electron chi connectivity index (χ3n) is 3.36. The molecule has 0 saturated carbocycles. The summed E-state index contributed by atoms with van der Waals surface area (Å²) in [6.07, 6.45) is -0.909. The lowest BCUT2D eigenvalue weighted by atomic mass is 10.2. The molecule has 0 unspecified atom stereocenters. The van der Waals surface area contributed by atoms with Gasteiger partial charge in [-0.1, -0.05) is 17.7 Å². The molecule has 0 aliphatic heterocycles. The predicted molar refractivity (Wildman–Crippen MR) is 101 cm³/mol.